The molecular weight excluding hydrogens is 178 g/mol. The minimum absolute atomic E-state index is 0.0569. The fourth-order valence-electron chi connectivity index (χ4n) is 0.965. The van der Waals surface area contributed by atoms with Gasteiger partial charge in [0.25, 0.3) is 0 Å². The summed E-state index contributed by atoms with van der Waals surface area (Å²) in [7, 11) is 0. The first-order valence-electron chi connectivity index (χ1n) is 4.05. The summed E-state index contributed by atoms with van der Waals surface area (Å²) in [5, 5.41) is 18.0. The van der Waals surface area contributed by atoms with E-state index in [4.69, 9.17) is 5.26 Å². The maximum atomic E-state index is 10.6. The Bertz CT molecular complexity index is 427. The largest absolute Gasteiger partial charge is 0.507 e. The molecule has 70 valence electrons. The number of phenolic OH excluding ortho intramolecular Hbond substituents is 1. The first-order valence-corrected chi connectivity index (χ1v) is 4.05. The Kier molecular flexibility index (Phi) is 3.03. The van der Waals surface area contributed by atoms with Gasteiger partial charge in [0.2, 0.25) is 0 Å². The van der Waals surface area contributed by atoms with E-state index >= 15 is 0 Å². The van der Waals surface area contributed by atoms with E-state index < -0.39 is 0 Å². The number of phenols is 1. The highest BCUT2D eigenvalue weighted by Crippen LogP contribution is 2.19. The van der Waals surface area contributed by atoms with Crippen LogP contribution in [0.4, 0.5) is 0 Å². The third kappa shape index (κ3) is 2.46. The van der Waals surface area contributed by atoms with Gasteiger partial charge < -0.3 is 5.11 Å². The highest BCUT2D eigenvalue weighted by molar-refractivity contribution is 5.91. The molecule has 1 aromatic rings. The summed E-state index contributed by atoms with van der Waals surface area (Å²) in [6.07, 6.45) is 2.83. The number of hydrogen-bond acceptors (Lipinski definition) is 3. The Morgan fingerprint density at radius 1 is 1.57 bits per heavy atom. The molecule has 0 aliphatic heterocycles. The fourth-order valence-corrected chi connectivity index (χ4v) is 0.965. The number of ketones is 1. The van der Waals surface area contributed by atoms with Crippen LogP contribution in [-0.2, 0) is 4.79 Å². The molecule has 0 aliphatic rings. The van der Waals surface area contributed by atoms with E-state index in [9.17, 15) is 9.90 Å². The molecule has 0 spiro atoms. The number of nitrogens with zero attached hydrogens (tertiary/aromatic N) is 1. The van der Waals surface area contributed by atoms with E-state index in [0.717, 1.165) is 0 Å². The van der Waals surface area contributed by atoms with Gasteiger partial charge in [-0.25, -0.2) is 0 Å². The SMILES string of the molecule is CC(=O)/C=C/c1cc(C#N)ccc1O. The van der Waals surface area contributed by atoms with E-state index in [0.29, 0.717) is 11.1 Å². The molecule has 3 nitrogen and oxygen atoms in total. The molecule has 0 bridgehead atoms. The number of allylic oxidation sites excluding steroid dienone is 1. The molecule has 14 heavy (non-hydrogen) atoms. The number of carbonyl (C=O) groups is 1. The molecule has 0 heterocycles. The van der Waals surface area contributed by atoms with Crippen molar-refractivity contribution >= 4 is 11.9 Å². The van der Waals surface area contributed by atoms with Crippen LogP contribution in [0.3, 0.4) is 0 Å². The van der Waals surface area contributed by atoms with Crippen molar-refractivity contribution in [1.82, 2.24) is 0 Å². The lowest BCUT2D eigenvalue weighted by Crippen LogP contribution is -1.82. The second-order valence-electron chi connectivity index (χ2n) is 2.83. The minimum Gasteiger partial charge on any atom is -0.507 e. The topological polar surface area (TPSA) is 61.1 Å². The zero-order valence-electron chi connectivity index (χ0n) is 7.69. The molecular formula is C11H9NO2. The molecule has 1 rings (SSSR count). The smallest absolute Gasteiger partial charge is 0.152 e. The first kappa shape index (κ1) is 10.0. The number of nitriles is 1. The summed E-state index contributed by atoms with van der Waals surface area (Å²) in [6, 6.07) is 6.42. The van der Waals surface area contributed by atoms with E-state index in [2.05, 4.69) is 0 Å². The monoisotopic (exact) mass is 187 g/mol. The molecule has 0 amide bonds. The Balaban J connectivity index is 3.08. The van der Waals surface area contributed by atoms with Crippen LogP contribution in [-0.4, -0.2) is 10.9 Å². The lowest BCUT2D eigenvalue weighted by molar-refractivity contribution is -0.112. The van der Waals surface area contributed by atoms with Gasteiger partial charge in [-0.15, -0.1) is 0 Å². The number of carbonyl (C=O) groups excluding carboxylic acids is 1. The molecule has 0 aliphatic carbocycles. The van der Waals surface area contributed by atoms with Crippen LogP contribution in [0.25, 0.3) is 6.08 Å². The molecule has 0 unspecified atom stereocenters. The van der Waals surface area contributed by atoms with Gasteiger partial charge in [0, 0.05) is 5.56 Å². The Labute approximate surface area is 81.9 Å². The van der Waals surface area contributed by atoms with Crippen molar-refractivity contribution in [2.24, 2.45) is 0 Å². The van der Waals surface area contributed by atoms with Gasteiger partial charge in [-0.2, -0.15) is 5.26 Å². The summed E-state index contributed by atoms with van der Waals surface area (Å²) < 4.78 is 0. The third-order valence-electron chi connectivity index (χ3n) is 1.65. The van der Waals surface area contributed by atoms with Crippen LogP contribution in [0.5, 0.6) is 5.75 Å². The highest BCUT2D eigenvalue weighted by atomic mass is 16.3. The average Bonchev–Trinajstić information content (AvgIpc) is 2.16. The van der Waals surface area contributed by atoms with Crippen LogP contribution in [0.1, 0.15) is 18.1 Å². The predicted octanol–water partition coefficient (Wildman–Crippen LogP) is 1.87. The van der Waals surface area contributed by atoms with Gasteiger partial charge in [-0.3, -0.25) is 4.79 Å². The van der Waals surface area contributed by atoms with Crippen molar-refractivity contribution in [2.75, 3.05) is 0 Å². The molecule has 1 N–H and O–H groups in total. The summed E-state index contributed by atoms with van der Waals surface area (Å²) in [4.78, 5) is 10.6. The van der Waals surface area contributed by atoms with Crippen molar-refractivity contribution in [3.8, 4) is 11.8 Å². The van der Waals surface area contributed by atoms with E-state index in [1.807, 2.05) is 6.07 Å². The number of rotatable bonds is 2. The molecule has 0 saturated carbocycles. The van der Waals surface area contributed by atoms with Gasteiger partial charge in [0.15, 0.2) is 5.78 Å². The van der Waals surface area contributed by atoms with Crippen LogP contribution in [0.2, 0.25) is 0 Å². The average molecular weight is 187 g/mol. The number of hydrogen-bond donors (Lipinski definition) is 1. The van der Waals surface area contributed by atoms with Crippen molar-refractivity contribution in [2.45, 2.75) is 6.92 Å². The zero-order valence-corrected chi connectivity index (χ0v) is 7.69. The lowest BCUT2D eigenvalue weighted by Gasteiger charge is -1.98. The second kappa shape index (κ2) is 4.24. The quantitative estimate of drug-likeness (QED) is 0.719. The third-order valence-corrected chi connectivity index (χ3v) is 1.65. The van der Waals surface area contributed by atoms with E-state index in [-0.39, 0.29) is 11.5 Å². The van der Waals surface area contributed by atoms with Crippen LogP contribution >= 0.6 is 0 Å². The summed E-state index contributed by atoms with van der Waals surface area (Å²) in [5.41, 5.74) is 0.922. The molecule has 0 fully saturated rings. The first-order chi connectivity index (χ1) is 6.63. The second-order valence-corrected chi connectivity index (χ2v) is 2.83. The van der Waals surface area contributed by atoms with Gasteiger partial charge in [-0.05, 0) is 37.3 Å². The summed E-state index contributed by atoms with van der Waals surface area (Å²) >= 11 is 0. The van der Waals surface area contributed by atoms with Crippen molar-refractivity contribution in [3.63, 3.8) is 0 Å². The Hall–Kier alpha value is -2.08. The van der Waals surface area contributed by atoms with E-state index in [1.54, 1.807) is 0 Å². The maximum absolute atomic E-state index is 10.6. The lowest BCUT2D eigenvalue weighted by atomic mass is 10.1. The van der Waals surface area contributed by atoms with Gasteiger partial charge in [0.05, 0.1) is 11.6 Å². The van der Waals surface area contributed by atoms with Gasteiger partial charge in [0.1, 0.15) is 5.75 Å². The molecule has 0 atom stereocenters. The summed E-state index contributed by atoms with van der Waals surface area (Å²) in [5.74, 6) is -0.0479. The Morgan fingerprint density at radius 3 is 2.86 bits per heavy atom. The minimum atomic E-state index is -0.105. The maximum Gasteiger partial charge on any atom is 0.152 e. The summed E-state index contributed by atoms with van der Waals surface area (Å²) in [6.45, 7) is 1.42. The van der Waals surface area contributed by atoms with Crippen molar-refractivity contribution in [1.29, 1.82) is 5.26 Å². The molecule has 1 aromatic carbocycles. The number of aromatic hydroxyl groups is 1. The van der Waals surface area contributed by atoms with Crippen LogP contribution < -0.4 is 0 Å². The number of benzene rings is 1. The standard InChI is InChI=1S/C11H9NO2/c1-8(13)2-4-10-6-9(7-12)3-5-11(10)14/h2-6,14H,1H3/b4-2+. The van der Waals surface area contributed by atoms with Gasteiger partial charge >= 0.3 is 0 Å². The molecule has 0 radical (unpaired) electrons. The zero-order chi connectivity index (χ0) is 10.6. The highest BCUT2D eigenvalue weighted by Gasteiger charge is 1.98. The van der Waals surface area contributed by atoms with Crippen LogP contribution in [0, 0.1) is 11.3 Å². The van der Waals surface area contributed by atoms with Crippen LogP contribution in [0.15, 0.2) is 24.3 Å². The van der Waals surface area contributed by atoms with Crippen molar-refractivity contribution < 1.29 is 9.90 Å². The Morgan fingerprint density at radius 2 is 2.29 bits per heavy atom. The molecule has 3 heteroatoms. The molecule has 0 saturated heterocycles. The normalized spacial score (nSPS) is 10.0. The van der Waals surface area contributed by atoms with E-state index in [1.165, 1.54) is 37.3 Å². The van der Waals surface area contributed by atoms with Gasteiger partial charge in [-0.1, -0.05) is 0 Å². The molecule has 0 aromatic heterocycles. The fraction of sp³-hybridized carbons (Fsp3) is 0.0909. The van der Waals surface area contributed by atoms with Crippen molar-refractivity contribution in [3.05, 3.63) is 35.4 Å². The predicted molar refractivity (Wildman–Crippen MR) is 52.5 cm³/mol.